The zero-order valence-electron chi connectivity index (χ0n) is 12.9. The molecule has 0 radical (unpaired) electrons. The smallest absolute Gasteiger partial charge is 0.339 e. The summed E-state index contributed by atoms with van der Waals surface area (Å²) in [5.41, 5.74) is 2.09. The maximum atomic E-state index is 12.4. The molecule has 0 aliphatic rings. The first-order chi connectivity index (χ1) is 10.5. The summed E-state index contributed by atoms with van der Waals surface area (Å²) >= 11 is 1.29. The number of nitrogens with one attached hydrogen (secondary N) is 2. The lowest BCUT2D eigenvalue weighted by molar-refractivity contribution is 0.0599. The summed E-state index contributed by atoms with van der Waals surface area (Å²) in [6, 6.07) is 0. The topological polar surface area (TPSA) is 97.0 Å². The van der Waals surface area contributed by atoms with Gasteiger partial charge in [-0.25, -0.2) is 4.79 Å². The van der Waals surface area contributed by atoms with Gasteiger partial charge in [-0.2, -0.15) is 0 Å². The van der Waals surface area contributed by atoms with E-state index in [0.717, 1.165) is 11.4 Å². The number of methoxy groups -OCH3 is 1. The van der Waals surface area contributed by atoms with Crippen LogP contribution >= 0.6 is 11.3 Å². The van der Waals surface area contributed by atoms with Crippen LogP contribution in [-0.4, -0.2) is 34.2 Å². The molecule has 0 aromatic carbocycles. The molecule has 2 aromatic heterocycles. The fourth-order valence-electron chi connectivity index (χ4n) is 2.26. The van der Waals surface area contributed by atoms with Crippen LogP contribution in [0.15, 0.2) is 0 Å². The van der Waals surface area contributed by atoms with Gasteiger partial charge in [-0.3, -0.25) is 10.1 Å². The third-order valence-electron chi connectivity index (χ3n) is 3.15. The van der Waals surface area contributed by atoms with Crippen molar-refractivity contribution < 1.29 is 14.3 Å². The Morgan fingerprint density at radius 2 is 2.05 bits per heavy atom. The van der Waals surface area contributed by atoms with Gasteiger partial charge in [0, 0.05) is 5.69 Å². The first kappa shape index (κ1) is 16.2. The zero-order valence-corrected chi connectivity index (χ0v) is 13.8. The van der Waals surface area contributed by atoms with Crippen molar-refractivity contribution >= 4 is 28.3 Å². The van der Waals surface area contributed by atoms with Crippen LogP contribution in [0, 0.1) is 13.8 Å². The molecular weight excluding hydrogens is 304 g/mol. The number of anilines is 1. The molecule has 0 aliphatic heterocycles. The number of H-pyrrole nitrogens is 1. The van der Waals surface area contributed by atoms with Crippen molar-refractivity contribution in [1.82, 2.24) is 15.2 Å². The van der Waals surface area contributed by atoms with Crippen molar-refractivity contribution in [2.45, 2.75) is 33.6 Å². The van der Waals surface area contributed by atoms with Crippen LogP contribution in [0.3, 0.4) is 0 Å². The number of aromatic nitrogens is 3. The van der Waals surface area contributed by atoms with E-state index in [0.29, 0.717) is 34.1 Å². The molecule has 2 heterocycles. The lowest BCUT2D eigenvalue weighted by atomic mass is 10.0. The molecule has 0 aliphatic carbocycles. The number of rotatable bonds is 5. The predicted octanol–water partition coefficient (Wildman–Crippen LogP) is 2.47. The van der Waals surface area contributed by atoms with E-state index in [-0.39, 0.29) is 5.91 Å². The van der Waals surface area contributed by atoms with Gasteiger partial charge in [0.15, 0.2) is 0 Å². The van der Waals surface area contributed by atoms with Crippen LogP contribution in [0.2, 0.25) is 0 Å². The van der Waals surface area contributed by atoms with Gasteiger partial charge in [-0.1, -0.05) is 24.7 Å². The van der Waals surface area contributed by atoms with E-state index in [9.17, 15) is 9.59 Å². The standard InChI is InChI=1S/C14H18N4O3S/c1-5-6-9-10(13(20)21-4)7(2)15-11(9)12(19)16-14-18-17-8(3)22-14/h15H,5-6H2,1-4H3,(H,16,18,19). The summed E-state index contributed by atoms with van der Waals surface area (Å²) in [6.45, 7) is 5.54. The first-order valence-corrected chi connectivity index (χ1v) is 7.70. The Morgan fingerprint density at radius 1 is 1.32 bits per heavy atom. The van der Waals surface area contributed by atoms with Crippen LogP contribution in [0.1, 0.15) is 50.5 Å². The molecule has 0 unspecified atom stereocenters. The van der Waals surface area contributed by atoms with Gasteiger partial charge in [0.25, 0.3) is 5.91 Å². The van der Waals surface area contributed by atoms with Crippen molar-refractivity contribution in [2.75, 3.05) is 12.4 Å². The Kier molecular flexibility index (Phi) is 4.92. The van der Waals surface area contributed by atoms with Crippen molar-refractivity contribution in [1.29, 1.82) is 0 Å². The quantitative estimate of drug-likeness (QED) is 0.824. The van der Waals surface area contributed by atoms with Gasteiger partial charge in [0.2, 0.25) is 5.13 Å². The van der Waals surface area contributed by atoms with Gasteiger partial charge in [-0.15, -0.1) is 10.2 Å². The van der Waals surface area contributed by atoms with E-state index in [1.54, 1.807) is 6.92 Å². The van der Waals surface area contributed by atoms with Crippen molar-refractivity contribution in [3.63, 3.8) is 0 Å². The molecule has 8 heteroatoms. The fourth-order valence-corrected chi connectivity index (χ4v) is 2.84. The predicted molar refractivity (Wildman–Crippen MR) is 83.5 cm³/mol. The van der Waals surface area contributed by atoms with E-state index in [2.05, 4.69) is 20.5 Å². The number of carbonyl (C=O) groups excluding carboxylic acids is 2. The largest absolute Gasteiger partial charge is 0.465 e. The summed E-state index contributed by atoms with van der Waals surface area (Å²) in [7, 11) is 1.33. The number of carbonyl (C=O) groups is 2. The second kappa shape index (κ2) is 6.69. The summed E-state index contributed by atoms with van der Waals surface area (Å²) in [6.07, 6.45) is 1.41. The third kappa shape index (κ3) is 3.16. The highest BCUT2D eigenvalue weighted by atomic mass is 32.1. The number of hydrogen-bond acceptors (Lipinski definition) is 6. The molecule has 7 nitrogen and oxygen atoms in total. The maximum absolute atomic E-state index is 12.4. The summed E-state index contributed by atoms with van der Waals surface area (Å²) in [5.74, 6) is -0.777. The number of nitrogens with zero attached hydrogens (tertiary/aromatic N) is 2. The number of amides is 1. The molecule has 0 saturated carbocycles. The van der Waals surface area contributed by atoms with Gasteiger partial charge < -0.3 is 9.72 Å². The molecule has 0 bridgehead atoms. The van der Waals surface area contributed by atoms with Crippen molar-refractivity contribution in [3.05, 3.63) is 27.5 Å². The van der Waals surface area contributed by atoms with Gasteiger partial charge >= 0.3 is 5.97 Å². The monoisotopic (exact) mass is 322 g/mol. The second-order valence-electron chi connectivity index (χ2n) is 4.80. The highest BCUT2D eigenvalue weighted by molar-refractivity contribution is 7.15. The highest BCUT2D eigenvalue weighted by Crippen LogP contribution is 2.23. The van der Waals surface area contributed by atoms with Gasteiger partial charge in [0.05, 0.1) is 12.7 Å². The average molecular weight is 322 g/mol. The van der Waals surface area contributed by atoms with E-state index in [1.165, 1.54) is 18.4 Å². The first-order valence-electron chi connectivity index (χ1n) is 6.89. The second-order valence-corrected chi connectivity index (χ2v) is 5.98. The average Bonchev–Trinajstić information content (AvgIpc) is 3.02. The normalized spacial score (nSPS) is 10.5. The molecule has 118 valence electrons. The molecule has 0 saturated heterocycles. The number of aromatic amines is 1. The molecule has 1 amide bonds. The van der Waals surface area contributed by atoms with Crippen molar-refractivity contribution in [3.8, 4) is 0 Å². The molecule has 0 atom stereocenters. The summed E-state index contributed by atoms with van der Waals surface area (Å²) in [4.78, 5) is 27.4. The summed E-state index contributed by atoms with van der Waals surface area (Å²) in [5, 5.41) is 11.6. The zero-order chi connectivity index (χ0) is 16.3. The fraction of sp³-hybridized carbons (Fsp3) is 0.429. The Labute approximate surface area is 132 Å². The number of esters is 1. The van der Waals surface area contributed by atoms with Crippen LogP contribution in [-0.2, 0) is 11.2 Å². The van der Waals surface area contributed by atoms with E-state index < -0.39 is 5.97 Å². The number of ether oxygens (including phenoxy) is 1. The minimum absolute atomic E-state index is 0.335. The minimum atomic E-state index is -0.442. The SMILES string of the molecule is CCCc1c(C(=O)Nc2nnc(C)s2)[nH]c(C)c1C(=O)OC. The Bertz CT molecular complexity index is 705. The molecule has 2 N–H and O–H groups in total. The number of hydrogen-bond donors (Lipinski definition) is 2. The molecule has 0 fully saturated rings. The highest BCUT2D eigenvalue weighted by Gasteiger charge is 2.25. The Morgan fingerprint density at radius 3 is 2.59 bits per heavy atom. The minimum Gasteiger partial charge on any atom is -0.465 e. The van der Waals surface area contributed by atoms with Crippen LogP contribution in [0.25, 0.3) is 0 Å². The molecular formula is C14H18N4O3S. The summed E-state index contributed by atoms with van der Waals surface area (Å²) < 4.78 is 4.81. The van der Waals surface area contributed by atoms with Crippen molar-refractivity contribution in [2.24, 2.45) is 0 Å². The molecule has 22 heavy (non-hydrogen) atoms. The van der Waals surface area contributed by atoms with Crippen LogP contribution in [0.4, 0.5) is 5.13 Å². The van der Waals surface area contributed by atoms with Gasteiger partial charge in [-0.05, 0) is 25.8 Å². The van der Waals surface area contributed by atoms with E-state index in [1.807, 2.05) is 13.8 Å². The number of aryl methyl sites for hydroxylation is 2. The molecule has 2 rings (SSSR count). The Balaban J connectivity index is 2.37. The van der Waals surface area contributed by atoms with Crippen LogP contribution < -0.4 is 5.32 Å². The third-order valence-corrected chi connectivity index (χ3v) is 3.91. The van der Waals surface area contributed by atoms with Crippen LogP contribution in [0.5, 0.6) is 0 Å². The Hall–Kier alpha value is -2.22. The van der Waals surface area contributed by atoms with E-state index >= 15 is 0 Å². The lowest BCUT2D eigenvalue weighted by Gasteiger charge is -2.05. The van der Waals surface area contributed by atoms with Gasteiger partial charge in [0.1, 0.15) is 10.7 Å². The lowest BCUT2D eigenvalue weighted by Crippen LogP contribution is -2.15. The van der Waals surface area contributed by atoms with E-state index in [4.69, 9.17) is 4.74 Å². The molecule has 0 spiro atoms. The molecule has 2 aromatic rings. The maximum Gasteiger partial charge on any atom is 0.339 e.